The first-order valence-electron chi connectivity index (χ1n) is 7.28. The van der Waals surface area contributed by atoms with E-state index in [1.54, 1.807) is 6.21 Å². The Kier molecular flexibility index (Phi) is 7.67. The van der Waals surface area contributed by atoms with Gasteiger partial charge >= 0.3 is 130 Å². The molecular weight excluding hydrogens is 309 g/mol. The average molecular weight is 334 g/mol. The molecule has 1 aromatic carbocycles. The summed E-state index contributed by atoms with van der Waals surface area (Å²) in [5.74, 6) is 6.55. The molecule has 0 bridgehead atoms. The summed E-state index contributed by atoms with van der Waals surface area (Å²) in [6, 6.07) is 10.7. The van der Waals surface area contributed by atoms with Crippen LogP contribution in [0.1, 0.15) is 47.0 Å². The zero-order valence-corrected chi connectivity index (χ0v) is 14.7. The van der Waals surface area contributed by atoms with Crippen LogP contribution < -0.4 is 4.46 Å². The van der Waals surface area contributed by atoms with Crippen molar-refractivity contribution in [3.05, 3.63) is 30.3 Å². The second-order valence-electron chi connectivity index (χ2n) is 5.78. The third-order valence-electron chi connectivity index (χ3n) is 2.60. The molecule has 0 saturated carbocycles. The Hall–Kier alpha value is -1.03. The summed E-state index contributed by atoms with van der Waals surface area (Å²) in [6.07, 6.45) is 5.46. The van der Waals surface area contributed by atoms with E-state index in [0.29, 0.717) is 19.8 Å². The van der Waals surface area contributed by atoms with Crippen molar-refractivity contribution in [2.24, 2.45) is 4.99 Å². The predicted molar refractivity (Wildman–Crippen MR) is 91.1 cm³/mol. The van der Waals surface area contributed by atoms with Crippen molar-refractivity contribution in [1.82, 2.24) is 0 Å². The summed E-state index contributed by atoms with van der Waals surface area (Å²) in [5, 5.41) is 0. The van der Waals surface area contributed by atoms with Gasteiger partial charge in [0.1, 0.15) is 0 Å². The van der Waals surface area contributed by atoms with Crippen molar-refractivity contribution in [1.29, 1.82) is 0 Å². The third-order valence-corrected chi connectivity index (χ3v) is 5.08. The second-order valence-corrected chi connectivity index (χ2v) is 8.46. The van der Waals surface area contributed by atoms with Crippen molar-refractivity contribution in [2.45, 2.75) is 57.3 Å². The average Bonchev–Trinajstić information content (AvgIpc) is 2.40. The van der Waals surface area contributed by atoms with Gasteiger partial charge in [0.25, 0.3) is 0 Å². The van der Waals surface area contributed by atoms with E-state index in [-0.39, 0.29) is 5.54 Å². The molecular formula is C18H25NSe. The van der Waals surface area contributed by atoms with Gasteiger partial charge in [-0.3, -0.25) is 0 Å². The molecule has 0 aliphatic heterocycles. The summed E-state index contributed by atoms with van der Waals surface area (Å²) in [4.78, 5) is 4.92. The first-order chi connectivity index (χ1) is 9.51. The Balaban J connectivity index is 2.65. The molecule has 0 aromatic heterocycles. The molecule has 108 valence electrons. The molecule has 0 heterocycles. The Morgan fingerprint density at radius 1 is 1.25 bits per heavy atom. The van der Waals surface area contributed by atoms with Gasteiger partial charge in [0, 0.05) is 0 Å². The van der Waals surface area contributed by atoms with Crippen LogP contribution in [0.25, 0.3) is 0 Å². The Morgan fingerprint density at radius 2 is 1.95 bits per heavy atom. The van der Waals surface area contributed by atoms with E-state index < -0.39 is 0 Å². The molecule has 0 fully saturated rings. The van der Waals surface area contributed by atoms with E-state index in [9.17, 15) is 0 Å². The fraction of sp³-hybridized carbons (Fsp3) is 0.500. The van der Waals surface area contributed by atoms with Crippen molar-refractivity contribution >= 4 is 25.6 Å². The van der Waals surface area contributed by atoms with E-state index in [1.165, 1.54) is 23.7 Å². The van der Waals surface area contributed by atoms with Crippen molar-refractivity contribution < 1.29 is 0 Å². The van der Waals surface area contributed by atoms with Gasteiger partial charge in [-0.05, 0) is 0 Å². The SMILES string of the molecule is CCCCC(C#CC=NC(C)(C)C)[Se]c1ccccc1. The molecule has 0 spiro atoms. The minimum atomic E-state index is -0.0296. The van der Waals surface area contributed by atoms with Crippen LogP contribution in [0.4, 0.5) is 0 Å². The number of hydrogen-bond donors (Lipinski definition) is 0. The zero-order valence-electron chi connectivity index (χ0n) is 13.0. The van der Waals surface area contributed by atoms with Gasteiger partial charge in [0.15, 0.2) is 0 Å². The van der Waals surface area contributed by atoms with E-state index in [4.69, 9.17) is 0 Å². The number of hydrogen-bond acceptors (Lipinski definition) is 1. The summed E-state index contributed by atoms with van der Waals surface area (Å²) in [5.41, 5.74) is -0.0296. The van der Waals surface area contributed by atoms with Gasteiger partial charge in [-0.15, -0.1) is 0 Å². The molecule has 1 atom stereocenters. The monoisotopic (exact) mass is 335 g/mol. The van der Waals surface area contributed by atoms with Crippen LogP contribution >= 0.6 is 0 Å². The molecule has 0 radical (unpaired) electrons. The number of benzene rings is 1. The van der Waals surface area contributed by atoms with Crippen LogP contribution in [-0.2, 0) is 0 Å². The molecule has 0 N–H and O–H groups in total. The molecule has 0 aliphatic carbocycles. The van der Waals surface area contributed by atoms with Crippen molar-refractivity contribution in [3.8, 4) is 11.8 Å². The van der Waals surface area contributed by atoms with Gasteiger partial charge in [-0.25, -0.2) is 0 Å². The van der Waals surface area contributed by atoms with E-state index in [2.05, 4.69) is 74.9 Å². The Morgan fingerprint density at radius 3 is 2.55 bits per heavy atom. The van der Waals surface area contributed by atoms with Crippen LogP contribution in [0, 0.1) is 11.8 Å². The predicted octanol–water partition coefficient (Wildman–Crippen LogP) is 3.87. The summed E-state index contributed by atoms with van der Waals surface area (Å²) in [6.45, 7) is 8.51. The first kappa shape index (κ1) is 17.0. The Bertz CT molecular complexity index is 460. The fourth-order valence-electron chi connectivity index (χ4n) is 1.57. The fourth-order valence-corrected chi connectivity index (χ4v) is 3.78. The molecule has 1 aromatic rings. The van der Waals surface area contributed by atoms with Gasteiger partial charge in [0.05, 0.1) is 0 Å². The maximum atomic E-state index is 4.42. The normalized spacial score (nSPS) is 13.0. The van der Waals surface area contributed by atoms with Crippen LogP contribution in [-0.4, -0.2) is 26.7 Å². The third kappa shape index (κ3) is 8.20. The first-order valence-corrected chi connectivity index (χ1v) is 9.12. The molecule has 1 unspecified atom stereocenters. The Labute approximate surface area is 130 Å². The molecule has 1 rings (SSSR count). The molecule has 1 nitrogen and oxygen atoms in total. The summed E-state index contributed by atoms with van der Waals surface area (Å²) >= 11 is 0.430. The second kappa shape index (κ2) is 9.01. The van der Waals surface area contributed by atoms with E-state index >= 15 is 0 Å². The van der Waals surface area contributed by atoms with Gasteiger partial charge < -0.3 is 0 Å². The van der Waals surface area contributed by atoms with Crippen molar-refractivity contribution in [2.75, 3.05) is 0 Å². The summed E-state index contributed by atoms with van der Waals surface area (Å²) < 4.78 is 1.43. The minimum absolute atomic E-state index is 0.0296. The number of rotatable bonds is 5. The topological polar surface area (TPSA) is 12.4 Å². The van der Waals surface area contributed by atoms with E-state index in [1.807, 2.05) is 0 Å². The quantitative estimate of drug-likeness (QED) is 0.440. The van der Waals surface area contributed by atoms with Gasteiger partial charge in [-0.2, -0.15) is 0 Å². The zero-order chi connectivity index (χ0) is 14.8. The standard InChI is InChI=1S/C18H25NSe/c1-5-6-11-16(14-10-15-19-18(2,3)4)20-17-12-8-7-9-13-17/h7-9,12-13,15-16H,5-6,11H2,1-4H3. The molecule has 20 heavy (non-hydrogen) atoms. The summed E-state index contributed by atoms with van der Waals surface area (Å²) in [7, 11) is 0. The van der Waals surface area contributed by atoms with Gasteiger partial charge in [-0.1, -0.05) is 0 Å². The molecule has 0 saturated heterocycles. The van der Waals surface area contributed by atoms with Crippen LogP contribution in [0.2, 0.25) is 4.82 Å². The molecule has 0 aliphatic rings. The van der Waals surface area contributed by atoms with Crippen LogP contribution in [0.5, 0.6) is 0 Å². The maximum absolute atomic E-state index is 4.42. The van der Waals surface area contributed by atoms with Gasteiger partial charge in [0.2, 0.25) is 0 Å². The number of aliphatic imine (C=N–C) groups is 1. The number of unbranched alkanes of at least 4 members (excludes halogenated alkanes) is 1. The van der Waals surface area contributed by atoms with Crippen molar-refractivity contribution in [3.63, 3.8) is 0 Å². The molecule has 0 amide bonds. The molecule has 2 heteroatoms. The van der Waals surface area contributed by atoms with Crippen LogP contribution in [0.3, 0.4) is 0 Å². The number of nitrogens with zero attached hydrogens (tertiary/aromatic N) is 1. The van der Waals surface area contributed by atoms with E-state index in [0.717, 1.165) is 0 Å². The van der Waals surface area contributed by atoms with Crippen LogP contribution in [0.15, 0.2) is 35.3 Å².